The van der Waals surface area contributed by atoms with Gasteiger partial charge < -0.3 is 4.74 Å². The summed E-state index contributed by atoms with van der Waals surface area (Å²) in [6.07, 6.45) is 4.05. The van der Waals surface area contributed by atoms with Gasteiger partial charge in [0, 0.05) is 5.71 Å². The Morgan fingerprint density at radius 3 is 2.65 bits per heavy atom. The molecule has 6 nitrogen and oxygen atoms in total. The third kappa shape index (κ3) is 4.23. The maximum absolute atomic E-state index is 12.3. The summed E-state index contributed by atoms with van der Waals surface area (Å²) in [5.41, 5.74) is 4.59. The zero-order chi connectivity index (χ0) is 18.7. The van der Waals surface area contributed by atoms with Crippen molar-refractivity contribution in [2.24, 2.45) is 16.4 Å². The summed E-state index contributed by atoms with van der Waals surface area (Å²) in [5.74, 6) is 0.795. The first-order valence-corrected chi connectivity index (χ1v) is 9.21. The Morgan fingerprint density at radius 2 is 1.96 bits per heavy atom. The van der Waals surface area contributed by atoms with Gasteiger partial charge in [-0.1, -0.05) is 32.9 Å². The monoisotopic (exact) mass is 357 g/mol. The number of hydrogen-bond acceptors (Lipinski definition) is 4. The lowest BCUT2D eigenvalue weighted by Crippen LogP contribution is -2.44. The Hall–Kier alpha value is -2.37. The number of hydrogen-bond donors (Lipinski definition) is 1. The molecule has 1 aliphatic carbocycles. The first-order chi connectivity index (χ1) is 12.3. The van der Waals surface area contributed by atoms with Crippen molar-refractivity contribution in [2.45, 2.75) is 46.5 Å². The minimum Gasteiger partial charge on any atom is -0.482 e. The molecule has 0 saturated heterocycles. The highest BCUT2D eigenvalue weighted by molar-refractivity contribution is 6.02. The van der Waals surface area contributed by atoms with Gasteiger partial charge in [0.1, 0.15) is 12.3 Å². The molecule has 3 rings (SSSR count). The van der Waals surface area contributed by atoms with Crippen LogP contribution < -0.4 is 15.1 Å². The summed E-state index contributed by atoms with van der Waals surface area (Å²) < 4.78 is 5.39. The van der Waals surface area contributed by atoms with E-state index in [1.54, 1.807) is 12.1 Å². The van der Waals surface area contributed by atoms with Gasteiger partial charge in [-0.25, -0.2) is 5.43 Å². The van der Waals surface area contributed by atoms with Crippen LogP contribution in [0.15, 0.2) is 29.4 Å². The fourth-order valence-corrected chi connectivity index (χ4v) is 3.58. The normalized spacial score (nSPS) is 20.3. The van der Waals surface area contributed by atoms with E-state index in [9.17, 15) is 9.59 Å². The largest absolute Gasteiger partial charge is 0.482 e. The molecule has 0 radical (unpaired) electrons. The third-order valence-corrected chi connectivity index (χ3v) is 5.24. The Labute approximate surface area is 154 Å². The molecule has 0 unspecified atom stereocenters. The molecule has 0 atom stereocenters. The van der Waals surface area contributed by atoms with E-state index < -0.39 is 0 Å². The smallest absolute Gasteiger partial charge is 0.265 e. The SMILES string of the molecule is CC(C)(C)C1CCC(=NNC(=O)CN2C(=O)COc3ccccc32)CC1. The van der Waals surface area contributed by atoms with Crippen molar-refractivity contribution >= 4 is 23.2 Å². The van der Waals surface area contributed by atoms with E-state index in [1.165, 1.54) is 4.90 Å². The van der Waals surface area contributed by atoms with Crippen LogP contribution >= 0.6 is 0 Å². The molecular weight excluding hydrogens is 330 g/mol. The topological polar surface area (TPSA) is 71.0 Å². The number of fused-ring (bicyclic) bond motifs is 1. The Morgan fingerprint density at radius 1 is 1.27 bits per heavy atom. The van der Waals surface area contributed by atoms with Crippen LogP contribution in [0.5, 0.6) is 5.75 Å². The zero-order valence-electron chi connectivity index (χ0n) is 15.7. The fraction of sp³-hybridized carbons (Fsp3) is 0.550. The van der Waals surface area contributed by atoms with Crippen molar-refractivity contribution < 1.29 is 14.3 Å². The second-order valence-corrected chi connectivity index (χ2v) is 8.09. The van der Waals surface area contributed by atoms with Gasteiger partial charge in [-0.2, -0.15) is 5.10 Å². The molecule has 1 aromatic rings. The number of nitrogens with zero attached hydrogens (tertiary/aromatic N) is 2. The van der Waals surface area contributed by atoms with Crippen LogP contribution in [0.4, 0.5) is 5.69 Å². The fourth-order valence-electron chi connectivity index (χ4n) is 3.58. The van der Waals surface area contributed by atoms with Gasteiger partial charge in [0.25, 0.3) is 11.8 Å². The Kier molecular flexibility index (Phi) is 5.30. The highest BCUT2D eigenvalue weighted by atomic mass is 16.5. The number of carbonyl (C=O) groups excluding carboxylic acids is 2. The second kappa shape index (κ2) is 7.48. The number of hydrazone groups is 1. The minimum absolute atomic E-state index is 0.0486. The molecule has 0 spiro atoms. The van der Waals surface area contributed by atoms with E-state index in [0.29, 0.717) is 22.8 Å². The van der Waals surface area contributed by atoms with Crippen LogP contribution in [-0.4, -0.2) is 30.7 Å². The summed E-state index contributed by atoms with van der Waals surface area (Å²) in [6.45, 7) is 6.73. The number of carbonyl (C=O) groups is 2. The van der Waals surface area contributed by atoms with E-state index in [1.807, 2.05) is 12.1 Å². The molecule has 1 saturated carbocycles. The first-order valence-electron chi connectivity index (χ1n) is 9.21. The summed E-state index contributed by atoms with van der Waals surface area (Å²) in [5, 5.41) is 4.29. The zero-order valence-corrected chi connectivity index (χ0v) is 15.7. The standard InChI is InChI=1S/C20H27N3O3/c1-20(2,3)14-8-10-15(11-9-14)21-22-18(24)12-23-16-6-4-5-7-17(16)26-13-19(23)25/h4-7,14H,8-13H2,1-3H3,(H,22,24). The average Bonchev–Trinajstić information content (AvgIpc) is 2.62. The lowest BCUT2D eigenvalue weighted by atomic mass is 9.72. The lowest BCUT2D eigenvalue weighted by Gasteiger charge is -2.34. The molecule has 1 heterocycles. The van der Waals surface area contributed by atoms with Crippen LogP contribution in [0.25, 0.3) is 0 Å². The van der Waals surface area contributed by atoms with Gasteiger partial charge in [-0.15, -0.1) is 0 Å². The maximum atomic E-state index is 12.3. The Bertz CT molecular complexity index is 711. The van der Waals surface area contributed by atoms with Crippen molar-refractivity contribution in [2.75, 3.05) is 18.1 Å². The van der Waals surface area contributed by atoms with Crippen molar-refractivity contribution in [3.8, 4) is 5.75 Å². The first kappa shape index (κ1) is 18.4. The van der Waals surface area contributed by atoms with Gasteiger partial charge in [-0.05, 0) is 49.1 Å². The predicted octanol–water partition coefficient (Wildman–Crippen LogP) is 3.12. The molecule has 2 amide bonds. The second-order valence-electron chi connectivity index (χ2n) is 8.09. The molecule has 26 heavy (non-hydrogen) atoms. The molecule has 140 valence electrons. The number of nitrogens with one attached hydrogen (secondary N) is 1. The van der Waals surface area contributed by atoms with Gasteiger partial charge in [0.2, 0.25) is 0 Å². The number of rotatable bonds is 3. The van der Waals surface area contributed by atoms with Crippen molar-refractivity contribution in [3.05, 3.63) is 24.3 Å². The molecule has 0 aromatic heterocycles. The van der Waals surface area contributed by atoms with Crippen molar-refractivity contribution in [1.29, 1.82) is 0 Å². The maximum Gasteiger partial charge on any atom is 0.265 e. The quantitative estimate of drug-likeness (QED) is 0.845. The molecule has 6 heteroatoms. The number of ether oxygens (including phenoxy) is 1. The molecule has 0 bridgehead atoms. The minimum atomic E-state index is -0.291. The summed E-state index contributed by atoms with van der Waals surface area (Å²) in [7, 11) is 0. The van der Waals surface area contributed by atoms with Crippen molar-refractivity contribution in [3.63, 3.8) is 0 Å². The number of benzene rings is 1. The predicted molar refractivity (Wildman–Crippen MR) is 101 cm³/mol. The van der Waals surface area contributed by atoms with E-state index in [0.717, 1.165) is 31.4 Å². The molecule has 1 fully saturated rings. The number of anilines is 1. The average molecular weight is 357 g/mol. The summed E-state index contributed by atoms with van der Waals surface area (Å²) in [4.78, 5) is 25.8. The highest BCUT2D eigenvalue weighted by Crippen LogP contribution is 2.36. The van der Waals surface area contributed by atoms with E-state index in [-0.39, 0.29) is 25.0 Å². The van der Waals surface area contributed by atoms with Crippen LogP contribution in [0.2, 0.25) is 0 Å². The lowest BCUT2D eigenvalue weighted by molar-refractivity contribution is -0.125. The molecule has 1 N–H and O–H groups in total. The summed E-state index contributed by atoms with van der Waals surface area (Å²) in [6, 6.07) is 7.23. The van der Waals surface area contributed by atoms with Gasteiger partial charge in [0.05, 0.1) is 5.69 Å². The van der Waals surface area contributed by atoms with Crippen LogP contribution in [0.3, 0.4) is 0 Å². The van der Waals surface area contributed by atoms with Crippen LogP contribution in [-0.2, 0) is 9.59 Å². The third-order valence-electron chi connectivity index (χ3n) is 5.24. The summed E-state index contributed by atoms with van der Waals surface area (Å²) >= 11 is 0. The van der Waals surface area contributed by atoms with Crippen LogP contribution in [0.1, 0.15) is 46.5 Å². The molecule has 1 aromatic carbocycles. The number of amides is 2. The van der Waals surface area contributed by atoms with Gasteiger partial charge in [-0.3, -0.25) is 14.5 Å². The molecular formula is C20H27N3O3. The van der Waals surface area contributed by atoms with E-state index in [4.69, 9.17) is 4.74 Å². The van der Waals surface area contributed by atoms with Crippen LogP contribution in [0, 0.1) is 11.3 Å². The van der Waals surface area contributed by atoms with Gasteiger partial charge in [0.15, 0.2) is 6.61 Å². The van der Waals surface area contributed by atoms with Gasteiger partial charge >= 0.3 is 0 Å². The highest BCUT2D eigenvalue weighted by Gasteiger charge is 2.29. The molecule has 1 aliphatic heterocycles. The number of para-hydroxylation sites is 2. The van der Waals surface area contributed by atoms with E-state index in [2.05, 4.69) is 31.3 Å². The molecule has 2 aliphatic rings. The van der Waals surface area contributed by atoms with E-state index >= 15 is 0 Å². The Balaban J connectivity index is 1.56. The van der Waals surface area contributed by atoms with Crippen molar-refractivity contribution in [1.82, 2.24) is 5.43 Å².